The van der Waals surface area contributed by atoms with Gasteiger partial charge in [0.1, 0.15) is 5.75 Å². The number of rotatable bonds is 8. The fourth-order valence-electron chi connectivity index (χ4n) is 2.57. The van der Waals surface area contributed by atoms with Crippen molar-refractivity contribution in [2.45, 2.75) is 17.8 Å². The summed E-state index contributed by atoms with van der Waals surface area (Å²) in [7, 11) is 1.64. The van der Waals surface area contributed by atoms with Crippen molar-refractivity contribution in [3.8, 4) is 17.1 Å². The first-order chi connectivity index (χ1) is 12.7. The van der Waals surface area contributed by atoms with E-state index in [1.54, 1.807) is 7.11 Å². The summed E-state index contributed by atoms with van der Waals surface area (Å²) in [5.41, 5.74) is 1.85. The van der Waals surface area contributed by atoms with Crippen LogP contribution in [0.25, 0.3) is 11.4 Å². The SMILES string of the molecule is C=CCn1c(SCC(O)c2ccccc2)nnc1-c1ccc(OC)cc1. The van der Waals surface area contributed by atoms with Crippen LogP contribution in [0.2, 0.25) is 0 Å². The molecule has 1 aromatic heterocycles. The predicted octanol–water partition coefficient (Wildman–Crippen LogP) is 3.97. The molecule has 0 saturated carbocycles. The number of benzene rings is 2. The van der Waals surface area contributed by atoms with Crippen LogP contribution in [0.4, 0.5) is 0 Å². The van der Waals surface area contributed by atoms with Gasteiger partial charge in [-0.05, 0) is 29.8 Å². The Hall–Kier alpha value is -2.57. The Morgan fingerprint density at radius 2 is 1.88 bits per heavy atom. The molecule has 5 nitrogen and oxygen atoms in total. The molecule has 2 aromatic carbocycles. The van der Waals surface area contributed by atoms with E-state index in [1.165, 1.54) is 11.8 Å². The van der Waals surface area contributed by atoms with Crippen LogP contribution < -0.4 is 4.74 Å². The number of hydrogen-bond donors (Lipinski definition) is 1. The van der Waals surface area contributed by atoms with E-state index in [-0.39, 0.29) is 0 Å². The lowest BCUT2D eigenvalue weighted by Gasteiger charge is -2.11. The van der Waals surface area contributed by atoms with E-state index in [4.69, 9.17) is 4.74 Å². The predicted molar refractivity (Wildman–Crippen MR) is 104 cm³/mol. The number of aliphatic hydroxyl groups excluding tert-OH is 1. The third-order valence-corrected chi connectivity index (χ3v) is 4.97. The zero-order valence-electron chi connectivity index (χ0n) is 14.6. The Bertz CT molecular complexity index is 847. The van der Waals surface area contributed by atoms with Crippen molar-refractivity contribution in [2.75, 3.05) is 12.9 Å². The van der Waals surface area contributed by atoms with E-state index in [9.17, 15) is 5.11 Å². The molecule has 0 fully saturated rings. The Kier molecular flexibility index (Phi) is 6.09. The van der Waals surface area contributed by atoms with Crippen LogP contribution in [0.5, 0.6) is 5.75 Å². The van der Waals surface area contributed by atoms with Crippen LogP contribution in [0.3, 0.4) is 0 Å². The highest BCUT2D eigenvalue weighted by Crippen LogP contribution is 2.28. The van der Waals surface area contributed by atoms with E-state index in [0.717, 1.165) is 27.9 Å². The highest BCUT2D eigenvalue weighted by Gasteiger charge is 2.16. The van der Waals surface area contributed by atoms with Gasteiger partial charge in [0.2, 0.25) is 0 Å². The van der Waals surface area contributed by atoms with Crippen molar-refractivity contribution in [3.63, 3.8) is 0 Å². The van der Waals surface area contributed by atoms with Gasteiger partial charge >= 0.3 is 0 Å². The molecule has 3 aromatic rings. The average molecular weight is 367 g/mol. The molecule has 134 valence electrons. The van der Waals surface area contributed by atoms with E-state index >= 15 is 0 Å². The van der Waals surface area contributed by atoms with E-state index in [1.807, 2.05) is 65.2 Å². The largest absolute Gasteiger partial charge is 0.497 e. The molecule has 6 heteroatoms. The van der Waals surface area contributed by atoms with Crippen molar-refractivity contribution in [1.82, 2.24) is 14.8 Å². The van der Waals surface area contributed by atoms with Crippen LogP contribution in [-0.2, 0) is 6.54 Å². The maximum atomic E-state index is 10.4. The van der Waals surface area contributed by atoms with Crippen molar-refractivity contribution < 1.29 is 9.84 Å². The van der Waals surface area contributed by atoms with Gasteiger partial charge in [-0.15, -0.1) is 16.8 Å². The van der Waals surface area contributed by atoms with Crippen molar-refractivity contribution in [3.05, 3.63) is 72.8 Å². The number of aromatic nitrogens is 3. The number of thioether (sulfide) groups is 1. The van der Waals surface area contributed by atoms with Crippen LogP contribution in [0.1, 0.15) is 11.7 Å². The first kappa shape index (κ1) is 18.2. The summed E-state index contributed by atoms with van der Waals surface area (Å²) in [6.07, 6.45) is 1.26. The quantitative estimate of drug-likeness (QED) is 0.482. The van der Waals surface area contributed by atoms with E-state index < -0.39 is 6.10 Å². The van der Waals surface area contributed by atoms with E-state index in [0.29, 0.717) is 12.3 Å². The molecule has 0 spiro atoms. The van der Waals surface area contributed by atoms with Gasteiger partial charge < -0.3 is 9.84 Å². The molecular formula is C20H21N3O2S. The Labute approximate surface area is 157 Å². The minimum atomic E-state index is -0.556. The van der Waals surface area contributed by atoms with Crippen LogP contribution >= 0.6 is 11.8 Å². The molecule has 0 amide bonds. The lowest BCUT2D eigenvalue weighted by atomic mass is 10.1. The smallest absolute Gasteiger partial charge is 0.191 e. The number of hydrogen-bond acceptors (Lipinski definition) is 5. The number of nitrogens with zero attached hydrogens (tertiary/aromatic N) is 3. The molecule has 0 bridgehead atoms. The highest BCUT2D eigenvalue weighted by molar-refractivity contribution is 7.99. The summed E-state index contributed by atoms with van der Waals surface area (Å²) >= 11 is 1.48. The van der Waals surface area contributed by atoms with Gasteiger partial charge in [0.05, 0.1) is 13.2 Å². The van der Waals surface area contributed by atoms with Crippen molar-refractivity contribution in [1.29, 1.82) is 0 Å². The van der Waals surface area contributed by atoms with Crippen molar-refractivity contribution >= 4 is 11.8 Å². The zero-order chi connectivity index (χ0) is 18.4. The maximum Gasteiger partial charge on any atom is 0.191 e. The van der Waals surface area contributed by atoms with Crippen molar-refractivity contribution in [2.24, 2.45) is 0 Å². The van der Waals surface area contributed by atoms with Crippen LogP contribution in [-0.4, -0.2) is 32.7 Å². The standard InChI is InChI=1S/C20H21N3O2S/c1-3-13-23-19(16-9-11-17(25-2)12-10-16)21-22-20(23)26-14-18(24)15-7-5-4-6-8-15/h3-12,18,24H,1,13-14H2,2H3. The fourth-order valence-corrected chi connectivity index (χ4v) is 3.48. The molecule has 0 saturated heterocycles. The second-order valence-electron chi connectivity index (χ2n) is 5.67. The Balaban J connectivity index is 1.79. The number of methoxy groups -OCH3 is 1. The summed E-state index contributed by atoms with van der Waals surface area (Å²) in [6, 6.07) is 17.3. The minimum absolute atomic E-state index is 0.502. The molecule has 1 heterocycles. The van der Waals surface area contributed by atoms with Gasteiger partial charge in [-0.3, -0.25) is 4.57 Å². The van der Waals surface area contributed by atoms with Gasteiger partial charge in [-0.25, -0.2) is 0 Å². The topological polar surface area (TPSA) is 60.2 Å². The molecule has 0 aliphatic carbocycles. The van der Waals surface area contributed by atoms with Gasteiger partial charge in [0.25, 0.3) is 0 Å². The number of allylic oxidation sites excluding steroid dienone is 1. The van der Waals surface area contributed by atoms with Gasteiger partial charge in [-0.2, -0.15) is 0 Å². The molecule has 1 unspecified atom stereocenters. The molecule has 3 rings (SSSR count). The van der Waals surface area contributed by atoms with E-state index in [2.05, 4.69) is 16.8 Å². The van der Waals surface area contributed by atoms with Crippen LogP contribution in [0.15, 0.2) is 72.4 Å². The summed E-state index contributed by atoms with van der Waals surface area (Å²) in [4.78, 5) is 0. The number of ether oxygens (including phenoxy) is 1. The average Bonchev–Trinajstić information content (AvgIpc) is 3.10. The van der Waals surface area contributed by atoms with Crippen LogP contribution in [0, 0.1) is 0 Å². The van der Waals surface area contributed by atoms with Gasteiger partial charge in [0.15, 0.2) is 11.0 Å². The molecule has 26 heavy (non-hydrogen) atoms. The van der Waals surface area contributed by atoms with Gasteiger partial charge in [0, 0.05) is 17.9 Å². The van der Waals surface area contributed by atoms with Gasteiger partial charge in [-0.1, -0.05) is 48.2 Å². The fraction of sp³-hybridized carbons (Fsp3) is 0.200. The third kappa shape index (κ3) is 4.15. The normalized spacial score (nSPS) is 11.9. The highest BCUT2D eigenvalue weighted by atomic mass is 32.2. The first-order valence-corrected chi connectivity index (χ1v) is 9.26. The molecule has 1 N–H and O–H groups in total. The molecular weight excluding hydrogens is 346 g/mol. The Morgan fingerprint density at radius 3 is 2.54 bits per heavy atom. The number of aliphatic hydroxyl groups is 1. The first-order valence-electron chi connectivity index (χ1n) is 8.27. The minimum Gasteiger partial charge on any atom is -0.497 e. The molecule has 0 radical (unpaired) electrons. The monoisotopic (exact) mass is 367 g/mol. The molecule has 0 aliphatic heterocycles. The second-order valence-corrected chi connectivity index (χ2v) is 6.66. The summed E-state index contributed by atoms with van der Waals surface area (Å²) in [5.74, 6) is 2.07. The molecule has 0 aliphatic rings. The Morgan fingerprint density at radius 1 is 1.15 bits per heavy atom. The maximum absolute atomic E-state index is 10.4. The lowest BCUT2D eigenvalue weighted by Crippen LogP contribution is -2.04. The molecule has 1 atom stereocenters. The third-order valence-electron chi connectivity index (χ3n) is 3.93. The summed E-state index contributed by atoms with van der Waals surface area (Å²) in [5, 5.41) is 19.8. The summed E-state index contributed by atoms with van der Waals surface area (Å²) < 4.78 is 7.20. The lowest BCUT2D eigenvalue weighted by molar-refractivity contribution is 0.204. The summed E-state index contributed by atoms with van der Waals surface area (Å²) in [6.45, 7) is 4.42. The zero-order valence-corrected chi connectivity index (χ0v) is 15.4. The second kappa shape index (κ2) is 8.69.